The Balaban J connectivity index is 2.12. The van der Waals surface area contributed by atoms with Crippen LogP contribution in [0.15, 0.2) is 12.4 Å². The summed E-state index contributed by atoms with van der Waals surface area (Å²) in [6.07, 6.45) is 5.10. The third-order valence-electron chi connectivity index (χ3n) is 3.10. The summed E-state index contributed by atoms with van der Waals surface area (Å²) in [5, 5.41) is 0. The van der Waals surface area contributed by atoms with Gasteiger partial charge in [0.2, 0.25) is 5.88 Å². The van der Waals surface area contributed by atoms with Gasteiger partial charge in [0.15, 0.2) is 0 Å². The second-order valence-corrected chi connectivity index (χ2v) is 5.23. The molecule has 1 unspecified atom stereocenters. The first-order valence-electron chi connectivity index (χ1n) is 6.52. The van der Waals surface area contributed by atoms with E-state index in [9.17, 15) is 0 Å². The van der Waals surface area contributed by atoms with Gasteiger partial charge in [0.1, 0.15) is 12.1 Å². The lowest BCUT2D eigenvalue weighted by molar-refractivity contribution is 0.232. The summed E-state index contributed by atoms with van der Waals surface area (Å²) >= 11 is 5.85. The number of nitrogens with zero attached hydrogens (tertiary/aromatic N) is 3. The average Bonchev–Trinajstić information content (AvgIpc) is 2.77. The first-order valence-corrected chi connectivity index (χ1v) is 7.05. The molecule has 5 heteroatoms. The Kier molecular flexibility index (Phi) is 4.64. The monoisotopic (exact) mass is 269 g/mol. The van der Waals surface area contributed by atoms with Crippen LogP contribution in [0.5, 0.6) is 5.88 Å². The molecule has 0 N–H and O–H groups in total. The molecule has 1 saturated heterocycles. The van der Waals surface area contributed by atoms with Crippen LogP contribution in [0.3, 0.4) is 0 Å². The number of rotatable bonds is 5. The number of aromatic nitrogens is 2. The normalized spacial score (nSPS) is 19.6. The molecule has 2 rings (SSSR count). The lowest BCUT2D eigenvalue weighted by Crippen LogP contribution is -2.30. The van der Waals surface area contributed by atoms with E-state index < -0.39 is 0 Å². The second kappa shape index (κ2) is 6.23. The Morgan fingerprint density at radius 1 is 1.50 bits per heavy atom. The highest BCUT2D eigenvalue weighted by molar-refractivity contribution is 6.17. The van der Waals surface area contributed by atoms with Crippen LogP contribution in [0, 0.1) is 0 Å². The van der Waals surface area contributed by atoms with Crippen LogP contribution in [0.4, 0.5) is 5.82 Å². The second-order valence-electron chi connectivity index (χ2n) is 4.85. The van der Waals surface area contributed by atoms with Crippen molar-refractivity contribution in [3.8, 4) is 5.88 Å². The maximum Gasteiger partial charge on any atom is 0.218 e. The molecular weight excluding hydrogens is 250 g/mol. The molecule has 1 aromatic heterocycles. The molecule has 0 bridgehead atoms. The van der Waals surface area contributed by atoms with E-state index in [0.717, 1.165) is 18.8 Å². The van der Waals surface area contributed by atoms with Gasteiger partial charge in [0, 0.05) is 24.5 Å². The molecule has 100 valence electrons. The molecule has 0 spiro atoms. The topological polar surface area (TPSA) is 38.2 Å². The lowest BCUT2D eigenvalue weighted by atomic mass is 10.2. The first-order chi connectivity index (χ1) is 8.70. The standard InChI is InChI=1S/C13H20ClN3O/c1-10(2)18-13-8-12(15-9-16-13)17-7-3-4-11(17)5-6-14/h8-11H,3-7H2,1-2H3. The van der Waals surface area contributed by atoms with E-state index in [4.69, 9.17) is 16.3 Å². The predicted octanol–water partition coefficient (Wildman–Crippen LogP) is 2.86. The summed E-state index contributed by atoms with van der Waals surface area (Å²) in [5.41, 5.74) is 0. The number of hydrogen-bond acceptors (Lipinski definition) is 4. The minimum Gasteiger partial charge on any atom is -0.475 e. The summed E-state index contributed by atoms with van der Waals surface area (Å²) in [6, 6.07) is 2.43. The van der Waals surface area contributed by atoms with Crippen LogP contribution in [-0.2, 0) is 0 Å². The van der Waals surface area contributed by atoms with Crippen molar-refractivity contribution in [3.05, 3.63) is 12.4 Å². The van der Waals surface area contributed by atoms with Crippen LogP contribution >= 0.6 is 11.6 Å². The van der Waals surface area contributed by atoms with Crippen molar-refractivity contribution in [2.75, 3.05) is 17.3 Å². The first kappa shape index (κ1) is 13.4. The third kappa shape index (κ3) is 3.25. The van der Waals surface area contributed by atoms with Crippen molar-refractivity contribution in [2.24, 2.45) is 0 Å². The van der Waals surface area contributed by atoms with Crippen LogP contribution in [-0.4, -0.2) is 34.5 Å². The maximum atomic E-state index is 5.85. The van der Waals surface area contributed by atoms with E-state index >= 15 is 0 Å². The molecule has 0 amide bonds. The van der Waals surface area contributed by atoms with Crippen molar-refractivity contribution < 1.29 is 4.74 Å². The van der Waals surface area contributed by atoms with Gasteiger partial charge in [-0.15, -0.1) is 11.6 Å². The fourth-order valence-corrected chi connectivity index (χ4v) is 2.61. The minimum atomic E-state index is 0.130. The summed E-state index contributed by atoms with van der Waals surface area (Å²) in [4.78, 5) is 10.8. The van der Waals surface area contributed by atoms with Crippen LogP contribution in [0.1, 0.15) is 33.1 Å². The Labute approximate surface area is 113 Å². The van der Waals surface area contributed by atoms with Gasteiger partial charge in [-0.1, -0.05) is 0 Å². The third-order valence-corrected chi connectivity index (χ3v) is 3.32. The summed E-state index contributed by atoms with van der Waals surface area (Å²) < 4.78 is 5.61. The molecule has 4 nitrogen and oxygen atoms in total. The van der Waals surface area contributed by atoms with Crippen molar-refractivity contribution in [1.29, 1.82) is 0 Å². The highest BCUT2D eigenvalue weighted by Crippen LogP contribution is 2.27. The molecule has 1 atom stereocenters. The van der Waals surface area contributed by atoms with E-state index in [-0.39, 0.29) is 6.10 Å². The molecule has 0 aliphatic carbocycles. The van der Waals surface area contributed by atoms with E-state index in [1.54, 1.807) is 6.33 Å². The minimum absolute atomic E-state index is 0.130. The van der Waals surface area contributed by atoms with Gasteiger partial charge in [0.25, 0.3) is 0 Å². The number of ether oxygens (including phenoxy) is 1. The van der Waals surface area contributed by atoms with Gasteiger partial charge in [-0.05, 0) is 33.1 Å². The molecular formula is C13H20ClN3O. The molecule has 18 heavy (non-hydrogen) atoms. The summed E-state index contributed by atoms with van der Waals surface area (Å²) in [5.74, 6) is 2.29. The van der Waals surface area contributed by atoms with E-state index in [1.807, 2.05) is 19.9 Å². The summed E-state index contributed by atoms with van der Waals surface area (Å²) in [6.45, 7) is 5.03. The zero-order chi connectivity index (χ0) is 13.0. The van der Waals surface area contributed by atoms with Crippen molar-refractivity contribution >= 4 is 17.4 Å². The van der Waals surface area contributed by atoms with Crippen LogP contribution in [0.2, 0.25) is 0 Å². The molecule has 1 aliphatic rings. The number of hydrogen-bond donors (Lipinski definition) is 0. The van der Waals surface area contributed by atoms with Gasteiger partial charge in [-0.3, -0.25) is 0 Å². The SMILES string of the molecule is CC(C)Oc1cc(N2CCCC2CCCl)ncn1. The van der Waals surface area contributed by atoms with Crippen molar-refractivity contribution in [2.45, 2.75) is 45.3 Å². The Hall–Kier alpha value is -1.03. The predicted molar refractivity (Wildman–Crippen MR) is 73.5 cm³/mol. The largest absolute Gasteiger partial charge is 0.475 e. The fraction of sp³-hybridized carbons (Fsp3) is 0.692. The van der Waals surface area contributed by atoms with Crippen LogP contribution < -0.4 is 9.64 Å². The molecule has 1 fully saturated rings. The number of anilines is 1. The van der Waals surface area contributed by atoms with Gasteiger partial charge in [-0.2, -0.15) is 0 Å². The molecule has 1 aromatic rings. The van der Waals surface area contributed by atoms with Gasteiger partial charge in [0.05, 0.1) is 6.10 Å². The maximum absolute atomic E-state index is 5.85. The fourth-order valence-electron chi connectivity index (χ4n) is 2.36. The Bertz CT molecular complexity index is 386. The smallest absolute Gasteiger partial charge is 0.218 e. The number of alkyl halides is 1. The average molecular weight is 270 g/mol. The molecule has 2 heterocycles. The Morgan fingerprint density at radius 2 is 2.33 bits per heavy atom. The zero-order valence-electron chi connectivity index (χ0n) is 11.0. The van der Waals surface area contributed by atoms with Gasteiger partial charge in [-0.25, -0.2) is 9.97 Å². The highest BCUT2D eigenvalue weighted by atomic mass is 35.5. The van der Waals surface area contributed by atoms with E-state index in [2.05, 4.69) is 14.9 Å². The van der Waals surface area contributed by atoms with Crippen LogP contribution in [0.25, 0.3) is 0 Å². The van der Waals surface area contributed by atoms with E-state index in [1.165, 1.54) is 12.8 Å². The Morgan fingerprint density at radius 3 is 3.06 bits per heavy atom. The van der Waals surface area contributed by atoms with Crippen molar-refractivity contribution in [3.63, 3.8) is 0 Å². The van der Waals surface area contributed by atoms with Gasteiger partial charge < -0.3 is 9.64 Å². The number of halogens is 1. The quantitative estimate of drug-likeness (QED) is 0.771. The molecule has 1 aliphatic heterocycles. The molecule has 0 radical (unpaired) electrons. The molecule has 0 aromatic carbocycles. The molecule has 0 saturated carbocycles. The van der Waals surface area contributed by atoms with Crippen molar-refractivity contribution in [1.82, 2.24) is 9.97 Å². The lowest BCUT2D eigenvalue weighted by Gasteiger charge is -2.25. The van der Waals surface area contributed by atoms with Gasteiger partial charge >= 0.3 is 0 Å². The summed E-state index contributed by atoms with van der Waals surface area (Å²) in [7, 11) is 0. The van der Waals surface area contributed by atoms with E-state index in [0.29, 0.717) is 17.8 Å². The zero-order valence-corrected chi connectivity index (χ0v) is 11.7. The highest BCUT2D eigenvalue weighted by Gasteiger charge is 2.25.